The summed E-state index contributed by atoms with van der Waals surface area (Å²) in [6.45, 7) is 1.47. The zero-order chi connectivity index (χ0) is 10.7. The van der Waals surface area contributed by atoms with Crippen LogP contribution in [0.15, 0.2) is 18.5 Å². The molecule has 1 saturated heterocycles. The Bertz CT molecular complexity index is 342. The topological polar surface area (TPSA) is 66.3 Å². The summed E-state index contributed by atoms with van der Waals surface area (Å²) >= 11 is 0. The van der Waals surface area contributed by atoms with Crippen molar-refractivity contribution < 1.29 is 9.90 Å². The van der Waals surface area contributed by atoms with Crippen LogP contribution in [0, 0.1) is 5.92 Å². The number of rotatable bonds is 2. The fraction of sp³-hybridized carbons (Fsp3) is 0.500. The van der Waals surface area contributed by atoms with Gasteiger partial charge in [0.2, 0.25) is 0 Å². The molecule has 0 saturated carbocycles. The lowest BCUT2D eigenvalue weighted by atomic mass is 9.98. The van der Waals surface area contributed by atoms with E-state index in [1.807, 2.05) is 6.07 Å². The summed E-state index contributed by atoms with van der Waals surface area (Å²) in [5.74, 6) is -0.964. The molecule has 80 valence electrons. The minimum absolute atomic E-state index is 0.257. The Morgan fingerprint density at radius 1 is 1.53 bits per heavy atom. The summed E-state index contributed by atoms with van der Waals surface area (Å²) in [5, 5.41) is 16.4. The van der Waals surface area contributed by atoms with Crippen molar-refractivity contribution in [2.45, 2.75) is 12.8 Å². The summed E-state index contributed by atoms with van der Waals surface area (Å²) in [6.07, 6.45) is 4.98. The molecule has 0 spiro atoms. The van der Waals surface area contributed by atoms with E-state index in [9.17, 15) is 4.79 Å². The van der Waals surface area contributed by atoms with Crippen molar-refractivity contribution in [3.05, 3.63) is 18.5 Å². The molecule has 1 aliphatic rings. The molecule has 1 fully saturated rings. The van der Waals surface area contributed by atoms with E-state index >= 15 is 0 Å². The van der Waals surface area contributed by atoms with Crippen LogP contribution in [-0.4, -0.2) is 34.4 Å². The molecule has 1 aromatic rings. The number of hydrogen-bond acceptors (Lipinski definition) is 4. The Hall–Kier alpha value is -1.65. The molecule has 0 radical (unpaired) electrons. The van der Waals surface area contributed by atoms with Gasteiger partial charge >= 0.3 is 5.97 Å². The number of hydrogen-bond donors (Lipinski definition) is 1. The zero-order valence-electron chi connectivity index (χ0n) is 8.33. The number of nitrogens with zero attached hydrogens (tertiary/aromatic N) is 3. The summed E-state index contributed by atoms with van der Waals surface area (Å²) in [7, 11) is 0. The van der Waals surface area contributed by atoms with Gasteiger partial charge in [-0.15, -0.1) is 0 Å². The van der Waals surface area contributed by atoms with Crippen molar-refractivity contribution in [2.75, 3.05) is 18.0 Å². The number of carboxylic acid groups (broad SMARTS) is 1. The maximum Gasteiger partial charge on any atom is 0.308 e. The third-order valence-electron chi connectivity index (χ3n) is 2.70. The van der Waals surface area contributed by atoms with Gasteiger partial charge in [0.1, 0.15) is 0 Å². The lowest BCUT2D eigenvalue weighted by Gasteiger charge is -2.31. The minimum Gasteiger partial charge on any atom is -0.481 e. The Balaban J connectivity index is 2.08. The Morgan fingerprint density at radius 3 is 3.07 bits per heavy atom. The van der Waals surface area contributed by atoms with E-state index in [2.05, 4.69) is 15.1 Å². The van der Waals surface area contributed by atoms with Crippen molar-refractivity contribution in [3.8, 4) is 0 Å². The van der Waals surface area contributed by atoms with E-state index in [0.717, 1.165) is 25.1 Å². The van der Waals surface area contributed by atoms with Crippen molar-refractivity contribution in [3.63, 3.8) is 0 Å². The average Bonchev–Trinajstić information content (AvgIpc) is 2.30. The van der Waals surface area contributed by atoms with E-state index < -0.39 is 5.97 Å². The quantitative estimate of drug-likeness (QED) is 0.776. The van der Waals surface area contributed by atoms with Crippen LogP contribution in [-0.2, 0) is 4.79 Å². The van der Waals surface area contributed by atoms with Crippen LogP contribution in [0.5, 0.6) is 0 Å². The van der Waals surface area contributed by atoms with E-state index in [0.29, 0.717) is 6.54 Å². The van der Waals surface area contributed by atoms with Gasteiger partial charge in [-0.05, 0) is 18.9 Å². The number of piperidine rings is 1. The molecule has 0 amide bonds. The number of carbonyl (C=O) groups is 1. The average molecular weight is 207 g/mol. The van der Waals surface area contributed by atoms with Crippen molar-refractivity contribution in [2.24, 2.45) is 5.92 Å². The van der Waals surface area contributed by atoms with Crippen LogP contribution in [0.3, 0.4) is 0 Å². The minimum atomic E-state index is -0.707. The standard InChI is InChI=1S/C10H13N3O2/c14-10(15)8-2-1-5-13(7-8)9-3-4-11-12-6-9/h3-4,6,8H,1-2,5,7H2,(H,14,15)/t8-/m0/s1. The van der Waals surface area contributed by atoms with Crippen LogP contribution in [0.1, 0.15) is 12.8 Å². The number of anilines is 1. The van der Waals surface area contributed by atoms with Gasteiger partial charge in [-0.2, -0.15) is 10.2 Å². The molecule has 2 rings (SSSR count). The van der Waals surface area contributed by atoms with Crippen LogP contribution in [0.25, 0.3) is 0 Å². The summed E-state index contributed by atoms with van der Waals surface area (Å²) in [4.78, 5) is 12.9. The molecule has 1 aliphatic heterocycles. The van der Waals surface area contributed by atoms with Gasteiger partial charge in [0.05, 0.1) is 24.0 Å². The smallest absolute Gasteiger partial charge is 0.308 e. The molecular weight excluding hydrogens is 194 g/mol. The molecule has 0 bridgehead atoms. The van der Waals surface area contributed by atoms with Gasteiger partial charge in [0.25, 0.3) is 0 Å². The first-order chi connectivity index (χ1) is 7.27. The van der Waals surface area contributed by atoms with Gasteiger partial charge < -0.3 is 10.0 Å². The van der Waals surface area contributed by atoms with E-state index in [1.54, 1.807) is 12.4 Å². The second kappa shape index (κ2) is 4.25. The first-order valence-electron chi connectivity index (χ1n) is 5.02. The van der Waals surface area contributed by atoms with Gasteiger partial charge in [0.15, 0.2) is 0 Å². The highest BCUT2D eigenvalue weighted by atomic mass is 16.4. The Morgan fingerprint density at radius 2 is 2.40 bits per heavy atom. The molecule has 1 aromatic heterocycles. The van der Waals surface area contributed by atoms with Gasteiger partial charge in [0, 0.05) is 13.1 Å². The predicted octanol–water partition coefficient (Wildman–Crippen LogP) is 0.778. The molecule has 15 heavy (non-hydrogen) atoms. The number of aromatic nitrogens is 2. The van der Waals surface area contributed by atoms with Crippen LogP contribution in [0.4, 0.5) is 5.69 Å². The third-order valence-corrected chi connectivity index (χ3v) is 2.70. The summed E-state index contributed by atoms with van der Waals surface area (Å²) in [6, 6.07) is 1.86. The predicted molar refractivity (Wildman–Crippen MR) is 54.6 cm³/mol. The monoisotopic (exact) mass is 207 g/mol. The lowest BCUT2D eigenvalue weighted by molar-refractivity contribution is -0.141. The second-order valence-electron chi connectivity index (χ2n) is 3.72. The van der Waals surface area contributed by atoms with Crippen molar-refractivity contribution in [1.82, 2.24) is 10.2 Å². The summed E-state index contributed by atoms with van der Waals surface area (Å²) < 4.78 is 0. The van der Waals surface area contributed by atoms with Crippen LogP contribution >= 0.6 is 0 Å². The molecule has 0 aromatic carbocycles. The number of carboxylic acids is 1. The molecular formula is C10H13N3O2. The fourth-order valence-electron chi connectivity index (χ4n) is 1.88. The normalized spacial score (nSPS) is 21.3. The highest BCUT2D eigenvalue weighted by Gasteiger charge is 2.25. The molecule has 5 nitrogen and oxygen atoms in total. The molecule has 2 heterocycles. The molecule has 1 N–H and O–H groups in total. The van der Waals surface area contributed by atoms with Crippen LogP contribution in [0.2, 0.25) is 0 Å². The Kier molecular flexibility index (Phi) is 2.80. The maximum absolute atomic E-state index is 10.9. The summed E-state index contributed by atoms with van der Waals surface area (Å²) in [5.41, 5.74) is 0.955. The molecule has 0 unspecified atom stereocenters. The van der Waals surface area contributed by atoms with Gasteiger partial charge in [-0.3, -0.25) is 4.79 Å². The maximum atomic E-state index is 10.9. The lowest BCUT2D eigenvalue weighted by Crippen LogP contribution is -2.38. The largest absolute Gasteiger partial charge is 0.481 e. The van der Waals surface area contributed by atoms with Gasteiger partial charge in [-0.1, -0.05) is 0 Å². The number of aliphatic carboxylic acids is 1. The second-order valence-corrected chi connectivity index (χ2v) is 3.72. The molecule has 0 aliphatic carbocycles. The van der Waals surface area contributed by atoms with E-state index in [1.165, 1.54) is 0 Å². The highest BCUT2D eigenvalue weighted by Crippen LogP contribution is 2.21. The van der Waals surface area contributed by atoms with Crippen LogP contribution < -0.4 is 4.90 Å². The van der Waals surface area contributed by atoms with Crippen molar-refractivity contribution >= 4 is 11.7 Å². The SMILES string of the molecule is O=C(O)[C@H]1CCCN(c2ccnnc2)C1. The molecule has 1 atom stereocenters. The van der Waals surface area contributed by atoms with Crippen molar-refractivity contribution in [1.29, 1.82) is 0 Å². The third kappa shape index (κ3) is 2.23. The first-order valence-corrected chi connectivity index (χ1v) is 5.02. The van der Waals surface area contributed by atoms with E-state index in [-0.39, 0.29) is 5.92 Å². The zero-order valence-corrected chi connectivity index (χ0v) is 8.33. The van der Waals surface area contributed by atoms with E-state index in [4.69, 9.17) is 5.11 Å². The first kappa shape index (κ1) is 9.89. The highest BCUT2D eigenvalue weighted by molar-refractivity contribution is 5.71. The Labute approximate surface area is 87.7 Å². The molecule has 5 heteroatoms. The fourth-order valence-corrected chi connectivity index (χ4v) is 1.88. The van der Waals surface area contributed by atoms with Gasteiger partial charge in [-0.25, -0.2) is 0 Å².